The molecule has 0 spiro atoms. The van der Waals surface area contributed by atoms with E-state index in [2.05, 4.69) is 20.6 Å². The van der Waals surface area contributed by atoms with E-state index in [0.717, 1.165) is 13.2 Å². The van der Waals surface area contributed by atoms with Crippen molar-refractivity contribution in [2.75, 3.05) is 26.3 Å². The van der Waals surface area contributed by atoms with Gasteiger partial charge >= 0.3 is 0 Å². The van der Waals surface area contributed by atoms with Crippen molar-refractivity contribution >= 4 is 5.91 Å². The molecule has 1 aromatic rings. The smallest absolute Gasteiger partial charge is 0.271 e. The Morgan fingerprint density at radius 3 is 3.25 bits per heavy atom. The third-order valence-electron chi connectivity index (χ3n) is 2.30. The molecule has 16 heavy (non-hydrogen) atoms. The van der Waals surface area contributed by atoms with Crippen molar-refractivity contribution in [1.29, 1.82) is 0 Å². The molecule has 2 N–H and O–H groups in total. The van der Waals surface area contributed by atoms with Gasteiger partial charge in [-0.1, -0.05) is 0 Å². The minimum Gasteiger partial charge on any atom is -0.378 e. The van der Waals surface area contributed by atoms with Gasteiger partial charge in [-0.05, 0) is 0 Å². The summed E-state index contributed by atoms with van der Waals surface area (Å²) in [7, 11) is 0. The lowest BCUT2D eigenvalue weighted by atomic mass is 10.2. The second-order valence-corrected chi connectivity index (χ2v) is 3.53. The first-order valence-electron chi connectivity index (χ1n) is 5.21. The molecule has 1 unspecified atom stereocenters. The number of ether oxygens (including phenoxy) is 1. The molecule has 1 amide bonds. The van der Waals surface area contributed by atoms with Crippen LogP contribution >= 0.6 is 0 Å². The summed E-state index contributed by atoms with van der Waals surface area (Å²) >= 11 is 0. The van der Waals surface area contributed by atoms with Crippen LogP contribution in [0.2, 0.25) is 0 Å². The van der Waals surface area contributed by atoms with Crippen molar-refractivity contribution in [2.24, 2.45) is 0 Å². The standard InChI is InChI=1S/C10H14N4O2/c15-10(9-6-11-1-2-13-9)14-5-8-7-16-4-3-12-8/h1-2,6,8,12H,3-5,7H2,(H,14,15). The number of hydrogen-bond donors (Lipinski definition) is 2. The van der Waals surface area contributed by atoms with Crippen LogP contribution in [0.3, 0.4) is 0 Å². The molecule has 1 aliphatic heterocycles. The average molecular weight is 222 g/mol. The van der Waals surface area contributed by atoms with Gasteiger partial charge < -0.3 is 15.4 Å². The minimum absolute atomic E-state index is 0.175. The van der Waals surface area contributed by atoms with Crippen LogP contribution in [0.25, 0.3) is 0 Å². The maximum absolute atomic E-state index is 11.6. The summed E-state index contributed by atoms with van der Waals surface area (Å²) in [6, 6.07) is 0.175. The molecule has 6 nitrogen and oxygen atoms in total. The van der Waals surface area contributed by atoms with Crippen molar-refractivity contribution in [3.05, 3.63) is 24.3 Å². The molecule has 1 atom stereocenters. The Bertz CT molecular complexity index is 338. The van der Waals surface area contributed by atoms with Crippen LogP contribution in [0.5, 0.6) is 0 Å². The van der Waals surface area contributed by atoms with E-state index in [1.807, 2.05) is 0 Å². The van der Waals surface area contributed by atoms with Gasteiger partial charge in [0.15, 0.2) is 0 Å². The quantitative estimate of drug-likeness (QED) is 0.700. The molecule has 2 rings (SSSR count). The highest BCUT2D eigenvalue weighted by molar-refractivity contribution is 5.91. The molecule has 1 aliphatic rings. The van der Waals surface area contributed by atoms with Gasteiger partial charge in [-0.25, -0.2) is 4.98 Å². The molecule has 0 radical (unpaired) electrons. The Kier molecular flexibility index (Phi) is 3.79. The summed E-state index contributed by atoms with van der Waals surface area (Å²) in [6.07, 6.45) is 4.48. The molecule has 2 heterocycles. The molecular weight excluding hydrogens is 208 g/mol. The van der Waals surface area contributed by atoms with Gasteiger partial charge in [0.25, 0.3) is 5.91 Å². The maximum Gasteiger partial charge on any atom is 0.271 e. The highest BCUT2D eigenvalue weighted by atomic mass is 16.5. The third kappa shape index (κ3) is 2.98. The van der Waals surface area contributed by atoms with Crippen LogP contribution in [-0.2, 0) is 4.74 Å². The average Bonchev–Trinajstić information content (AvgIpc) is 2.38. The molecule has 1 aromatic heterocycles. The topological polar surface area (TPSA) is 76.1 Å². The van der Waals surface area contributed by atoms with Gasteiger partial charge in [-0.15, -0.1) is 0 Å². The maximum atomic E-state index is 11.6. The summed E-state index contributed by atoms with van der Waals surface area (Å²) in [5, 5.41) is 6.03. The van der Waals surface area contributed by atoms with E-state index < -0.39 is 0 Å². The molecule has 86 valence electrons. The number of carbonyl (C=O) groups excluding carboxylic acids is 1. The van der Waals surface area contributed by atoms with Gasteiger partial charge in [0.05, 0.1) is 19.4 Å². The van der Waals surface area contributed by atoms with Crippen LogP contribution < -0.4 is 10.6 Å². The second-order valence-electron chi connectivity index (χ2n) is 3.53. The largest absolute Gasteiger partial charge is 0.378 e. The van der Waals surface area contributed by atoms with Crippen LogP contribution in [0.15, 0.2) is 18.6 Å². The van der Waals surface area contributed by atoms with E-state index in [4.69, 9.17) is 4.74 Å². The molecule has 1 fully saturated rings. The molecular formula is C10H14N4O2. The summed E-state index contributed by atoms with van der Waals surface area (Å²) in [5.74, 6) is -0.208. The normalized spacial score (nSPS) is 20.4. The number of morpholine rings is 1. The fourth-order valence-electron chi connectivity index (χ4n) is 1.47. The summed E-state index contributed by atoms with van der Waals surface area (Å²) < 4.78 is 5.28. The van der Waals surface area contributed by atoms with E-state index in [9.17, 15) is 4.79 Å². The molecule has 1 saturated heterocycles. The lowest BCUT2D eigenvalue weighted by molar-refractivity contribution is 0.0733. The van der Waals surface area contributed by atoms with Crippen LogP contribution in [0, 0.1) is 0 Å². The number of rotatable bonds is 3. The molecule has 0 aromatic carbocycles. The summed E-state index contributed by atoms with van der Waals surface area (Å²) in [4.78, 5) is 19.4. The fourth-order valence-corrected chi connectivity index (χ4v) is 1.47. The van der Waals surface area contributed by atoms with E-state index in [1.54, 1.807) is 0 Å². The van der Waals surface area contributed by atoms with Gasteiger partial charge in [-0.2, -0.15) is 0 Å². The van der Waals surface area contributed by atoms with Crippen LogP contribution in [0.1, 0.15) is 10.5 Å². The first-order valence-corrected chi connectivity index (χ1v) is 5.21. The fraction of sp³-hybridized carbons (Fsp3) is 0.500. The Balaban J connectivity index is 1.79. The zero-order valence-corrected chi connectivity index (χ0v) is 8.85. The first kappa shape index (κ1) is 11.0. The van der Waals surface area contributed by atoms with Crippen molar-refractivity contribution in [2.45, 2.75) is 6.04 Å². The number of nitrogens with one attached hydrogen (secondary N) is 2. The second kappa shape index (κ2) is 5.53. The summed E-state index contributed by atoms with van der Waals surface area (Å²) in [5.41, 5.74) is 0.333. The number of amides is 1. The third-order valence-corrected chi connectivity index (χ3v) is 2.30. The van der Waals surface area contributed by atoms with Crippen LogP contribution in [-0.4, -0.2) is 48.2 Å². The predicted octanol–water partition coefficient (Wildman–Crippen LogP) is -0.805. The predicted molar refractivity (Wildman–Crippen MR) is 57.0 cm³/mol. The lowest BCUT2D eigenvalue weighted by Crippen LogP contribution is -2.48. The van der Waals surface area contributed by atoms with E-state index in [1.165, 1.54) is 18.6 Å². The SMILES string of the molecule is O=C(NCC1COCCN1)c1cnccn1. The molecule has 0 saturated carbocycles. The van der Waals surface area contributed by atoms with Crippen molar-refractivity contribution in [1.82, 2.24) is 20.6 Å². The van der Waals surface area contributed by atoms with Gasteiger partial charge in [0.1, 0.15) is 5.69 Å². The summed E-state index contributed by atoms with van der Waals surface area (Å²) in [6.45, 7) is 2.72. The Morgan fingerprint density at radius 2 is 2.56 bits per heavy atom. The number of aromatic nitrogens is 2. The minimum atomic E-state index is -0.208. The van der Waals surface area contributed by atoms with Crippen LogP contribution in [0.4, 0.5) is 0 Å². The van der Waals surface area contributed by atoms with Gasteiger partial charge in [0.2, 0.25) is 0 Å². The lowest BCUT2D eigenvalue weighted by Gasteiger charge is -2.23. The first-order chi connectivity index (χ1) is 7.86. The Labute approximate surface area is 93.4 Å². The van der Waals surface area contributed by atoms with Crippen molar-refractivity contribution in [3.8, 4) is 0 Å². The molecule has 6 heteroatoms. The zero-order chi connectivity index (χ0) is 11.2. The van der Waals surface area contributed by atoms with E-state index in [-0.39, 0.29) is 11.9 Å². The van der Waals surface area contributed by atoms with E-state index in [0.29, 0.717) is 18.8 Å². The van der Waals surface area contributed by atoms with Gasteiger partial charge in [0, 0.05) is 31.5 Å². The monoisotopic (exact) mass is 222 g/mol. The zero-order valence-electron chi connectivity index (χ0n) is 8.85. The van der Waals surface area contributed by atoms with Gasteiger partial charge in [-0.3, -0.25) is 9.78 Å². The number of hydrogen-bond acceptors (Lipinski definition) is 5. The van der Waals surface area contributed by atoms with E-state index >= 15 is 0 Å². The Morgan fingerprint density at radius 1 is 1.62 bits per heavy atom. The number of nitrogens with zero attached hydrogens (tertiary/aromatic N) is 2. The molecule has 0 bridgehead atoms. The highest BCUT2D eigenvalue weighted by Crippen LogP contribution is 1.93. The Hall–Kier alpha value is -1.53. The number of carbonyl (C=O) groups is 1. The molecule has 0 aliphatic carbocycles. The highest BCUT2D eigenvalue weighted by Gasteiger charge is 2.14. The van der Waals surface area contributed by atoms with Crippen molar-refractivity contribution < 1.29 is 9.53 Å². The van der Waals surface area contributed by atoms with Crippen molar-refractivity contribution in [3.63, 3.8) is 0 Å².